The molecule has 1 aromatic rings. The Hall–Kier alpha value is -1.33. The van der Waals surface area contributed by atoms with Crippen molar-refractivity contribution in [2.75, 3.05) is 44.4 Å². The topological polar surface area (TPSA) is 57.4 Å². The first-order valence-electron chi connectivity index (χ1n) is 5.57. The molecule has 1 fully saturated rings. The van der Waals surface area contributed by atoms with E-state index in [-0.39, 0.29) is 0 Å². The summed E-state index contributed by atoms with van der Waals surface area (Å²) in [4.78, 5) is 6.61. The predicted octanol–water partition coefficient (Wildman–Crippen LogP) is 0.547. The molecule has 0 atom stereocenters. The number of pyridine rings is 1. The lowest BCUT2D eigenvalue weighted by molar-refractivity contribution is 0.178. The highest BCUT2D eigenvalue weighted by molar-refractivity contribution is 5.61. The van der Waals surface area contributed by atoms with Crippen LogP contribution in [-0.4, -0.2) is 48.1 Å². The van der Waals surface area contributed by atoms with E-state index >= 15 is 0 Å². The summed E-state index contributed by atoms with van der Waals surface area (Å²) in [5, 5.41) is 2.16. The van der Waals surface area contributed by atoms with Gasteiger partial charge in [-0.1, -0.05) is 0 Å². The van der Waals surface area contributed by atoms with Gasteiger partial charge in [0.25, 0.3) is 0 Å². The molecule has 0 aromatic carbocycles. The van der Waals surface area contributed by atoms with Crippen molar-refractivity contribution in [1.29, 1.82) is 0 Å². The molecular weight excluding hydrogens is 202 g/mol. The van der Waals surface area contributed by atoms with Crippen LogP contribution in [0.2, 0.25) is 0 Å². The molecule has 5 nitrogen and oxygen atoms in total. The lowest BCUT2D eigenvalue weighted by Gasteiger charge is -2.32. The fraction of sp³-hybridized carbons (Fsp3) is 0.545. The van der Waals surface area contributed by atoms with E-state index in [9.17, 15) is 0 Å². The largest absolute Gasteiger partial charge is 0.396 e. The summed E-state index contributed by atoms with van der Waals surface area (Å²) < 4.78 is 0. The Labute approximate surface area is 96.2 Å². The van der Waals surface area contributed by atoms with Gasteiger partial charge in [0, 0.05) is 32.4 Å². The second kappa shape index (κ2) is 4.67. The second-order valence-electron chi connectivity index (χ2n) is 4.35. The maximum absolute atomic E-state index is 5.90. The van der Waals surface area contributed by atoms with Crippen LogP contribution in [0.4, 0.5) is 11.5 Å². The zero-order valence-corrected chi connectivity index (χ0v) is 9.90. The maximum Gasteiger partial charge on any atom is 0.163 e. The van der Waals surface area contributed by atoms with Gasteiger partial charge in [-0.25, -0.2) is 9.99 Å². The third-order valence-corrected chi connectivity index (χ3v) is 2.82. The Morgan fingerprint density at radius 3 is 2.62 bits per heavy atom. The number of nitrogens with zero attached hydrogens (tertiary/aromatic N) is 3. The number of aromatic nitrogens is 1. The molecule has 3 N–H and O–H groups in total. The van der Waals surface area contributed by atoms with Crippen LogP contribution in [0, 0.1) is 6.92 Å². The molecule has 0 spiro atoms. The highest BCUT2D eigenvalue weighted by Gasteiger charge is 2.14. The van der Waals surface area contributed by atoms with Crippen molar-refractivity contribution in [3.8, 4) is 0 Å². The first-order chi connectivity index (χ1) is 7.65. The Bertz CT molecular complexity index is 357. The molecule has 1 aromatic heterocycles. The van der Waals surface area contributed by atoms with E-state index in [1.165, 1.54) is 0 Å². The van der Waals surface area contributed by atoms with Crippen LogP contribution >= 0.6 is 0 Å². The first kappa shape index (κ1) is 11.2. The fourth-order valence-corrected chi connectivity index (χ4v) is 1.75. The van der Waals surface area contributed by atoms with Crippen LogP contribution in [-0.2, 0) is 0 Å². The lowest BCUT2D eigenvalue weighted by atomic mass is 10.3. The van der Waals surface area contributed by atoms with Crippen LogP contribution in [0.25, 0.3) is 0 Å². The quantitative estimate of drug-likeness (QED) is 0.763. The number of anilines is 2. The van der Waals surface area contributed by atoms with Gasteiger partial charge < -0.3 is 16.1 Å². The zero-order chi connectivity index (χ0) is 11.5. The number of likely N-dealkylation sites (N-methyl/N-ethyl adjacent to an activating group) is 1. The average molecular weight is 221 g/mol. The van der Waals surface area contributed by atoms with Gasteiger partial charge >= 0.3 is 0 Å². The Balaban J connectivity index is 1.98. The highest BCUT2D eigenvalue weighted by atomic mass is 15.5. The molecule has 1 aliphatic rings. The molecule has 0 amide bonds. The van der Waals surface area contributed by atoms with E-state index in [0.29, 0.717) is 5.69 Å². The Morgan fingerprint density at radius 1 is 1.31 bits per heavy atom. The number of hydrazine groups is 1. The molecule has 0 unspecified atom stereocenters. The van der Waals surface area contributed by atoms with Crippen molar-refractivity contribution in [3.63, 3.8) is 0 Å². The van der Waals surface area contributed by atoms with E-state index in [1.807, 2.05) is 19.2 Å². The van der Waals surface area contributed by atoms with Gasteiger partial charge in [-0.2, -0.15) is 0 Å². The van der Waals surface area contributed by atoms with Crippen LogP contribution in [0.1, 0.15) is 5.56 Å². The minimum atomic E-state index is 0.707. The fourth-order valence-electron chi connectivity index (χ4n) is 1.75. The molecular formula is C11H19N5. The summed E-state index contributed by atoms with van der Waals surface area (Å²) in [5.74, 6) is 0.759. The Kier molecular flexibility index (Phi) is 3.26. The number of rotatable bonds is 2. The molecule has 16 heavy (non-hydrogen) atoms. The van der Waals surface area contributed by atoms with Crippen molar-refractivity contribution >= 4 is 11.5 Å². The normalized spacial score (nSPS) is 18.6. The standard InChI is InChI=1S/C11H19N5/c1-9-7-10(12)11(13-8-9)14-16-5-3-15(2)4-6-16/h7-8H,3-6,12H2,1-2H3,(H,13,14). The molecule has 1 aliphatic heterocycles. The summed E-state index contributed by atoms with van der Waals surface area (Å²) in [6, 6.07) is 1.94. The molecule has 0 aliphatic carbocycles. The van der Waals surface area contributed by atoms with Gasteiger partial charge in [0.1, 0.15) is 0 Å². The summed E-state index contributed by atoms with van der Waals surface area (Å²) in [6.07, 6.45) is 1.83. The number of hydrogen-bond acceptors (Lipinski definition) is 5. The van der Waals surface area contributed by atoms with Crippen LogP contribution in [0.5, 0.6) is 0 Å². The first-order valence-corrected chi connectivity index (χ1v) is 5.57. The van der Waals surface area contributed by atoms with E-state index in [0.717, 1.165) is 37.6 Å². The van der Waals surface area contributed by atoms with Crippen LogP contribution < -0.4 is 11.2 Å². The van der Waals surface area contributed by atoms with Crippen LogP contribution in [0.15, 0.2) is 12.3 Å². The third kappa shape index (κ3) is 2.62. The summed E-state index contributed by atoms with van der Waals surface area (Å²) in [7, 11) is 2.13. The lowest BCUT2D eigenvalue weighted by Crippen LogP contribution is -2.47. The molecule has 2 rings (SSSR count). The number of nitrogen functional groups attached to an aromatic ring is 1. The zero-order valence-electron chi connectivity index (χ0n) is 9.90. The summed E-state index contributed by atoms with van der Waals surface area (Å²) in [5.41, 5.74) is 11.0. The number of nitrogens with one attached hydrogen (secondary N) is 1. The van der Waals surface area contributed by atoms with Gasteiger partial charge in [-0.05, 0) is 25.6 Å². The van der Waals surface area contributed by atoms with Gasteiger partial charge in [-0.15, -0.1) is 0 Å². The SMILES string of the molecule is Cc1cnc(NN2CCN(C)CC2)c(N)c1. The number of hydrogen-bond donors (Lipinski definition) is 2. The van der Waals surface area contributed by atoms with Gasteiger partial charge in [0.15, 0.2) is 5.82 Å². The molecule has 5 heteroatoms. The van der Waals surface area contributed by atoms with E-state index in [1.54, 1.807) is 0 Å². The van der Waals surface area contributed by atoms with Gasteiger partial charge in [-0.3, -0.25) is 0 Å². The molecule has 0 saturated carbocycles. The monoisotopic (exact) mass is 221 g/mol. The third-order valence-electron chi connectivity index (χ3n) is 2.82. The molecule has 0 radical (unpaired) electrons. The number of nitrogens with two attached hydrogens (primary N) is 1. The van der Waals surface area contributed by atoms with Crippen molar-refractivity contribution in [3.05, 3.63) is 17.8 Å². The van der Waals surface area contributed by atoms with Gasteiger partial charge in [0.2, 0.25) is 0 Å². The van der Waals surface area contributed by atoms with E-state index < -0.39 is 0 Å². The molecule has 1 saturated heterocycles. The minimum Gasteiger partial charge on any atom is -0.396 e. The summed E-state index contributed by atoms with van der Waals surface area (Å²) in [6.45, 7) is 6.11. The maximum atomic E-state index is 5.90. The van der Waals surface area contributed by atoms with Crippen molar-refractivity contribution < 1.29 is 0 Å². The van der Waals surface area contributed by atoms with E-state index in [4.69, 9.17) is 5.73 Å². The highest BCUT2D eigenvalue weighted by Crippen LogP contribution is 2.16. The van der Waals surface area contributed by atoms with Crippen molar-refractivity contribution in [1.82, 2.24) is 14.9 Å². The molecule has 88 valence electrons. The average Bonchev–Trinajstić information content (AvgIpc) is 2.25. The Morgan fingerprint density at radius 2 is 2.00 bits per heavy atom. The smallest absolute Gasteiger partial charge is 0.163 e. The number of aryl methyl sites for hydroxylation is 1. The predicted molar refractivity (Wildman–Crippen MR) is 66.1 cm³/mol. The van der Waals surface area contributed by atoms with Crippen molar-refractivity contribution in [2.24, 2.45) is 0 Å². The second-order valence-corrected chi connectivity index (χ2v) is 4.35. The van der Waals surface area contributed by atoms with Crippen molar-refractivity contribution in [2.45, 2.75) is 6.92 Å². The van der Waals surface area contributed by atoms with Crippen LogP contribution in [0.3, 0.4) is 0 Å². The minimum absolute atomic E-state index is 0.707. The summed E-state index contributed by atoms with van der Waals surface area (Å²) >= 11 is 0. The number of piperazine rings is 1. The molecule has 2 heterocycles. The molecule has 0 bridgehead atoms. The van der Waals surface area contributed by atoms with E-state index in [2.05, 4.69) is 27.4 Å². The van der Waals surface area contributed by atoms with Gasteiger partial charge in [0.05, 0.1) is 5.69 Å².